The molecule has 1 heterocycles. The van der Waals surface area contributed by atoms with Gasteiger partial charge >= 0.3 is 12.4 Å². The number of ether oxygens (including phenoxy) is 1. The number of hydrogen-bond acceptors (Lipinski definition) is 5. The zero-order valence-corrected chi connectivity index (χ0v) is 11.9. The Labute approximate surface area is 125 Å². The van der Waals surface area contributed by atoms with Crippen molar-refractivity contribution in [3.05, 3.63) is 35.2 Å². The summed E-state index contributed by atoms with van der Waals surface area (Å²) in [6.07, 6.45) is -0.743. The highest BCUT2D eigenvalue weighted by Crippen LogP contribution is 2.37. The third kappa shape index (κ3) is 2.70. The molecule has 3 rings (SSSR count). The molecule has 0 spiro atoms. The van der Waals surface area contributed by atoms with Gasteiger partial charge in [-0.25, -0.2) is 0 Å². The predicted molar refractivity (Wildman–Crippen MR) is 72.4 cm³/mol. The van der Waals surface area contributed by atoms with Crippen LogP contribution >= 0.6 is 0 Å². The van der Waals surface area contributed by atoms with Crippen molar-refractivity contribution in [2.45, 2.75) is 31.6 Å². The van der Waals surface area contributed by atoms with Crippen LogP contribution in [0.4, 0.5) is 8.78 Å². The molecule has 22 heavy (non-hydrogen) atoms. The van der Waals surface area contributed by atoms with Crippen LogP contribution in [-0.2, 0) is 16.0 Å². The minimum absolute atomic E-state index is 0.137. The zero-order valence-electron chi connectivity index (χ0n) is 11.9. The number of benzene rings is 1. The average Bonchev–Trinajstić information content (AvgIpc) is 3.14. The first-order valence-corrected chi connectivity index (χ1v) is 6.90. The summed E-state index contributed by atoms with van der Waals surface area (Å²) in [7, 11) is 1.37. The first-order chi connectivity index (χ1) is 10.6. The fourth-order valence-corrected chi connectivity index (χ4v) is 2.78. The number of carbonyl (C=O) groups is 1. The summed E-state index contributed by atoms with van der Waals surface area (Å²) in [5, 5.41) is 3.57. The van der Waals surface area contributed by atoms with E-state index in [1.807, 2.05) is 12.1 Å². The van der Waals surface area contributed by atoms with Gasteiger partial charge in [0.1, 0.15) is 0 Å². The normalized spacial score (nSPS) is 16.8. The van der Waals surface area contributed by atoms with Gasteiger partial charge in [-0.1, -0.05) is 17.3 Å². The van der Waals surface area contributed by atoms with Crippen LogP contribution < -0.4 is 0 Å². The lowest BCUT2D eigenvalue weighted by Gasteiger charge is -2.10. The number of methoxy groups -OCH3 is 1. The summed E-state index contributed by atoms with van der Waals surface area (Å²) in [6.45, 7) is 0. The van der Waals surface area contributed by atoms with Crippen LogP contribution in [0.1, 0.15) is 42.2 Å². The number of alkyl halides is 2. The maximum atomic E-state index is 12.5. The van der Waals surface area contributed by atoms with Gasteiger partial charge in [-0.15, -0.1) is 0 Å². The fraction of sp³-hybridized carbons (Fsp3) is 0.400. The van der Waals surface area contributed by atoms with Crippen LogP contribution in [0.25, 0.3) is 11.4 Å². The van der Waals surface area contributed by atoms with E-state index in [4.69, 9.17) is 4.74 Å². The Hall–Kier alpha value is -2.31. The van der Waals surface area contributed by atoms with E-state index in [2.05, 4.69) is 14.7 Å². The molecule has 1 aromatic carbocycles. The van der Waals surface area contributed by atoms with Crippen LogP contribution in [0.2, 0.25) is 0 Å². The second kappa shape index (κ2) is 5.82. The molecule has 1 aromatic heterocycles. The molecule has 5 nitrogen and oxygen atoms in total. The van der Waals surface area contributed by atoms with Crippen molar-refractivity contribution in [3.63, 3.8) is 0 Å². The Kier molecular flexibility index (Phi) is 3.87. The highest BCUT2D eigenvalue weighted by atomic mass is 19.3. The molecule has 0 unspecified atom stereocenters. The number of nitrogens with zero attached hydrogens (tertiary/aromatic N) is 2. The maximum absolute atomic E-state index is 12.5. The Bertz CT molecular complexity index is 700. The molecule has 116 valence electrons. The summed E-state index contributed by atoms with van der Waals surface area (Å²) in [6, 6.07) is 5.52. The molecule has 0 saturated carbocycles. The number of esters is 1. The Morgan fingerprint density at radius 3 is 3.00 bits per heavy atom. The first-order valence-electron chi connectivity index (χ1n) is 6.90. The Balaban J connectivity index is 1.84. The van der Waals surface area contributed by atoms with Crippen molar-refractivity contribution >= 4 is 5.97 Å². The standard InChI is InChI=1S/C15H14F2N2O3/c1-21-12(20)7-9-3-2-8-6-10(4-5-11(8)9)14-18-15(13(16)17)22-19-14/h4-6,9,13H,2-3,7H2,1H3/t9-/m0/s1. The number of hydrogen-bond donors (Lipinski definition) is 0. The topological polar surface area (TPSA) is 65.2 Å². The van der Waals surface area contributed by atoms with Crippen molar-refractivity contribution in [2.75, 3.05) is 7.11 Å². The lowest BCUT2D eigenvalue weighted by Crippen LogP contribution is -2.06. The second-order valence-corrected chi connectivity index (χ2v) is 5.19. The summed E-state index contributed by atoms with van der Waals surface area (Å²) >= 11 is 0. The molecule has 0 fully saturated rings. The molecule has 1 atom stereocenters. The minimum Gasteiger partial charge on any atom is -0.469 e. The molecule has 0 N–H and O–H groups in total. The molecule has 1 aliphatic rings. The molecule has 2 aromatic rings. The summed E-state index contributed by atoms with van der Waals surface area (Å²) in [5.74, 6) is -0.631. The number of carbonyl (C=O) groups excluding carboxylic acids is 1. The number of halogens is 2. The molecule has 0 aliphatic heterocycles. The third-order valence-electron chi connectivity index (χ3n) is 3.87. The predicted octanol–water partition coefficient (Wildman–Crippen LogP) is 3.27. The minimum atomic E-state index is -2.78. The van der Waals surface area contributed by atoms with Crippen molar-refractivity contribution in [1.82, 2.24) is 10.1 Å². The summed E-state index contributed by atoms with van der Waals surface area (Å²) in [5.41, 5.74) is 2.80. The highest BCUT2D eigenvalue weighted by Gasteiger charge is 2.26. The molecule has 0 saturated heterocycles. The SMILES string of the molecule is COC(=O)C[C@@H]1CCc2cc(-c3noc(C(F)F)n3)ccc21. The Morgan fingerprint density at radius 2 is 2.32 bits per heavy atom. The van der Waals surface area contributed by atoms with Crippen LogP contribution in [0.3, 0.4) is 0 Å². The van der Waals surface area contributed by atoms with Crippen LogP contribution in [0.15, 0.2) is 22.7 Å². The average molecular weight is 308 g/mol. The molecule has 0 amide bonds. The second-order valence-electron chi connectivity index (χ2n) is 5.19. The number of aromatic nitrogens is 2. The van der Waals surface area contributed by atoms with Crippen molar-refractivity contribution in [2.24, 2.45) is 0 Å². The smallest absolute Gasteiger partial charge is 0.315 e. The van der Waals surface area contributed by atoms with Crippen molar-refractivity contribution in [3.8, 4) is 11.4 Å². The van der Waals surface area contributed by atoms with Crippen molar-refractivity contribution < 1.29 is 22.8 Å². The van der Waals surface area contributed by atoms with E-state index >= 15 is 0 Å². The van der Waals surface area contributed by atoms with E-state index in [0.717, 1.165) is 24.0 Å². The maximum Gasteiger partial charge on any atom is 0.315 e. The van der Waals surface area contributed by atoms with Crippen LogP contribution in [0.5, 0.6) is 0 Å². The first kappa shape index (κ1) is 14.6. The monoisotopic (exact) mass is 308 g/mol. The Morgan fingerprint density at radius 1 is 1.50 bits per heavy atom. The fourth-order valence-electron chi connectivity index (χ4n) is 2.78. The van der Waals surface area contributed by atoms with Crippen LogP contribution in [-0.4, -0.2) is 23.2 Å². The van der Waals surface area contributed by atoms with E-state index in [1.54, 1.807) is 6.07 Å². The van der Waals surface area contributed by atoms with Crippen molar-refractivity contribution in [1.29, 1.82) is 0 Å². The van der Waals surface area contributed by atoms with E-state index < -0.39 is 12.3 Å². The highest BCUT2D eigenvalue weighted by molar-refractivity contribution is 5.71. The summed E-state index contributed by atoms with van der Waals surface area (Å²) < 4.78 is 34.2. The van der Waals surface area contributed by atoms with Crippen LogP contribution in [0, 0.1) is 0 Å². The zero-order chi connectivity index (χ0) is 15.7. The van der Waals surface area contributed by atoms with E-state index in [0.29, 0.717) is 12.0 Å². The van der Waals surface area contributed by atoms with Gasteiger partial charge in [0, 0.05) is 5.56 Å². The van der Waals surface area contributed by atoms with Gasteiger partial charge in [-0.05, 0) is 36.0 Å². The molecule has 7 heteroatoms. The number of fused-ring (bicyclic) bond motifs is 1. The molecule has 0 bridgehead atoms. The van der Waals surface area contributed by atoms with Gasteiger partial charge in [0.25, 0.3) is 5.89 Å². The van der Waals surface area contributed by atoms with Gasteiger partial charge in [0.15, 0.2) is 0 Å². The van der Waals surface area contributed by atoms with Gasteiger partial charge in [-0.2, -0.15) is 13.8 Å². The largest absolute Gasteiger partial charge is 0.469 e. The lowest BCUT2D eigenvalue weighted by molar-refractivity contribution is -0.141. The van der Waals surface area contributed by atoms with E-state index in [1.165, 1.54) is 7.11 Å². The number of aryl methyl sites for hydroxylation is 1. The van der Waals surface area contributed by atoms with E-state index in [-0.39, 0.29) is 17.7 Å². The summed E-state index contributed by atoms with van der Waals surface area (Å²) in [4.78, 5) is 15.1. The molecular weight excluding hydrogens is 294 g/mol. The van der Waals surface area contributed by atoms with Gasteiger partial charge in [-0.3, -0.25) is 4.79 Å². The van der Waals surface area contributed by atoms with E-state index in [9.17, 15) is 13.6 Å². The quantitative estimate of drug-likeness (QED) is 0.811. The third-order valence-corrected chi connectivity index (χ3v) is 3.87. The lowest BCUT2D eigenvalue weighted by atomic mass is 9.97. The molecular formula is C15H14F2N2O3. The molecule has 0 radical (unpaired) electrons. The number of rotatable bonds is 4. The van der Waals surface area contributed by atoms with Gasteiger partial charge in [0.05, 0.1) is 13.5 Å². The van der Waals surface area contributed by atoms with Gasteiger partial charge < -0.3 is 9.26 Å². The molecule has 1 aliphatic carbocycles. The van der Waals surface area contributed by atoms with Gasteiger partial charge in [0.2, 0.25) is 5.82 Å².